The van der Waals surface area contributed by atoms with E-state index in [1.807, 2.05) is 0 Å². The number of nitrogens with two attached hydrogens (primary N) is 1. The van der Waals surface area contributed by atoms with E-state index < -0.39 is 33.1 Å². The molecule has 0 aromatic heterocycles. The maximum absolute atomic E-state index is 11.8. The zero-order chi connectivity index (χ0) is 22.5. The first-order valence-electron chi connectivity index (χ1n) is 11.2. The molecule has 4 N–H and O–H groups in total. The van der Waals surface area contributed by atoms with Gasteiger partial charge in [0.05, 0.1) is 19.8 Å². The van der Waals surface area contributed by atoms with Crippen LogP contribution in [0.1, 0.15) is 84.0 Å². The van der Waals surface area contributed by atoms with Crippen molar-refractivity contribution < 1.29 is 33.1 Å². The molecule has 30 heavy (non-hydrogen) atoms. The van der Waals surface area contributed by atoms with E-state index in [-0.39, 0.29) is 19.6 Å². The number of ether oxygens (including phenoxy) is 1. The Bertz CT molecular complexity index is 488. The van der Waals surface area contributed by atoms with Crippen LogP contribution in [0.5, 0.6) is 0 Å². The average molecular weight is 452 g/mol. The van der Waals surface area contributed by atoms with Crippen molar-refractivity contribution in [2.45, 2.75) is 90.1 Å². The van der Waals surface area contributed by atoms with Gasteiger partial charge in [-0.15, -0.1) is 0 Å². The Morgan fingerprint density at radius 3 is 2.20 bits per heavy atom. The maximum Gasteiger partial charge on any atom is 0.472 e. The predicted molar refractivity (Wildman–Crippen MR) is 118 cm³/mol. The summed E-state index contributed by atoms with van der Waals surface area (Å²) in [5.74, 6) is -0.459. The molecular weight excluding hydrogens is 409 g/mol. The molecule has 0 aliphatic heterocycles. The zero-order valence-electron chi connectivity index (χ0n) is 18.5. The Kier molecular flexibility index (Phi) is 19.6. The summed E-state index contributed by atoms with van der Waals surface area (Å²) in [6.45, 7) is 1.23. The summed E-state index contributed by atoms with van der Waals surface area (Å²) in [5, 5.41) is 9.24. The fraction of sp³-hybridized carbons (Fsp3) is 0.857. The smallest absolute Gasteiger partial charge is 0.457 e. The molecule has 0 aliphatic carbocycles. The lowest BCUT2D eigenvalue weighted by Gasteiger charge is -2.17. The standard InChI is InChI=1S/C21H42NO7P/c1-2-3-4-5-6-7-8-9-10-11-12-13-14-15-21(24)29-20(18-23)19-28-30(25,26)27-17-16-22/h7-8,20,23H,2-6,9-19,22H2,1H3,(H,25,26)/t20-/m1/s1. The third-order valence-corrected chi connectivity index (χ3v) is 5.42. The topological polar surface area (TPSA) is 128 Å². The molecule has 0 spiro atoms. The van der Waals surface area contributed by atoms with Crippen LogP contribution in [0.2, 0.25) is 0 Å². The monoisotopic (exact) mass is 451 g/mol. The van der Waals surface area contributed by atoms with E-state index in [1.165, 1.54) is 32.1 Å². The summed E-state index contributed by atoms with van der Waals surface area (Å²) >= 11 is 0. The third kappa shape index (κ3) is 19.2. The predicted octanol–water partition coefficient (Wildman–Crippen LogP) is 4.24. The number of esters is 1. The van der Waals surface area contributed by atoms with Crippen LogP contribution in [0.4, 0.5) is 0 Å². The van der Waals surface area contributed by atoms with Gasteiger partial charge in [0.25, 0.3) is 0 Å². The maximum atomic E-state index is 11.8. The molecular formula is C21H42NO7P. The van der Waals surface area contributed by atoms with Gasteiger partial charge in [0.1, 0.15) is 6.10 Å². The lowest BCUT2D eigenvalue weighted by Crippen LogP contribution is -2.27. The van der Waals surface area contributed by atoms with E-state index in [2.05, 4.69) is 23.6 Å². The van der Waals surface area contributed by atoms with Crippen molar-refractivity contribution in [2.24, 2.45) is 5.73 Å². The third-order valence-electron chi connectivity index (χ3n) is 4.44. The number of rotatable bonds is 21. The number of carbonyl (C=O) groups is 1. The van der Waals surface area contributed by atoms with Gasteiger partial charge in [-0.25, -0.2) is 4.57 Å². The molecule has 0 aromatic carbocycles. The molecule has 2 atom stereocenters. The molecule has 0 amide bonds. The second-order valence-electron chi connectivity index (χ2n) is 7.31. The van der Waals surface area contributed by atoms with Crippen molar-refractivity contribution in [1.82, 2.24) is 0 Å². The van der Waals surface area contributed by atoms with Crippen molar-refractivity contribution in [1.29, 1.82) is 0 Å². The highest BCUT2D eigenvalue weighted by molar-refractivity contribution is 7.47. The first-order valence-corrected chi connectivity index (χ1v) is 12.7. The highest BCUT2D eigenvalue weighted by Crippen LogP contribution is 2.42. The van der Waals surface area contributed by atoms with Gasteiger partial charge in [0, 0.05) is 13.0 Å². The molecule has 0 fully saturated rings. The van der Waals surface area contributed by atoms with Crippen LogP contribution >= 0.6 is 7.82 Å². The minimum absolute atomic E-state index is 0.0716. The molecule has 178 valence electrons. The molecule has 9 heteroatoms. The molecule has 0 bridgehead atoms. The molecule has 1 unspecified atom stereocenters. The number of phosphoric acid groups is 1. The molecule has 8 nitrogen and oxygen atoms in total. The number of allylic oxidation sites excluding steroid dienone is 2. The summed E-state index contributed by atoms with van der Waals surface area (Å²) in [6.07, 6.45) is 16.3. The van der Waals surface area contributed by atoms with Crippen molar-refractivity contribution in [3.8, 4) is 0 Å². The van der Waals surface area contributed by atoms with E-state index in [9.17, 15) is 19.4 Å². The van der Waals surface area contributed by atoms with Crippen LogP contribution in [0.15, 0.2) is 12.2 Å². The molecule has 0 radical (unpaired) electrons. The quantitative estimate of drug-likeness (QED) is 0.102. The SMILES string of the molecule is CCCCCCC=CCCCCCCCC(=O)O[C@H](CO)COP(=O)(O)OCCN. The van der Waals surface area contributed by atoms with Crippen LogP contribution in [-0.2, 0) is 23.1 Å². The number of carbonyl (C=O) groups excluding carboxylic acids is 1. The summed E-state index contributed by atoms with van der Waals surface area (Å²) < 4.78 is 25.9. The second-order valence-corrected chi connectivity index (χ2v) is 8.76. The van der Waals surface area contributed by atoms with Gasteiger partial charge in [-0.05, 0) is 32.1 Å². The van der Waals surface area contributed by atoms with Crippen molar-refractivity contribution in [3.05, 3.63) is 12.2 Å². The summed E-state index contributed by atoms with van der Waals surface area (Å²) in [6, 6.07) is 0. The van der Waals surface area contributed by atoms with Crippen LogP contribution in [0.3, 0.4) is 0 Å². The van der Waals surface area contributed by atoms with E-state index in [0.29, 0.717) is 6.42 Å². The van der Waals surface area contributed by atoms with Gasteiger partial charge >= 0.3 is 13.8 Å². The lowest BCUT2D eigenvalue weighted by atomic mass is 10.1. The van der Waals surface area contributed by atoms with Crippen molar-refractivity contribution in [2.75, 3.05) is 26.4 Å². The van der Waals surface area contributed by atoms with E-state index in [1.54, 1.807) is 0 Å². The summed E-state index contributed by atoms with van der Waals surface area (Å²) in [5.41, 5.74) is 5.18. The number of phosphoric ester groups is 1. The van der Waals surface area contributed by atoms with Crippen LogP contribution in [0.25, 0.3) is 0 Å². The number of hydrogen-bond donors (Lipinski definition) is 3. The highest BCUT2D eigenvalue weighted by Gasteiger charge is 2.24. The van der Waals surface area contributed by atoms with Gasteiger partial charge in [0.2, 0.25) is 0 Å². The fourth-order valence-electron chi connectivity index (χ4n) is 2.74. The van der Waals surface area contributed by atoms with E-state index in [4.69, 9.17) is 15.0 Å². The van der Waals surface area contributed by atoms with Gasteiger partial charge in [-0.2, -0.15) is 0 Å². The van der Waals surface area contributed by atoms with Crippen LogP contribution in [0, 0.1) is 0 Å². The molecule has 0 heterocycles. The number of hydrogen-bond acceptors (Lipinski definition) is 7. The van der Waals surface area contributed by atoms with Crippen LogP contribution < -0.4 is 5.73 Å². The number of aliphatic hydroxyl groups excluding tert-OH is 1. The summed E-state index contributed by atoms with van der Waals surface area (Å²) in [4.78, 5) is 21.2. The minimum atomic E-state index is -4.26. The van der Waals surface area contributed by atoms with Gasteiger partial charge < -0.3 is 20.5 Å². The first-order chi connectivity index (χ1) is 14.4. The van der Waals surface area contributed by atoms with E-state index in [0.717, 1.165) is 32.1 Å². The molecule has 0 aromatic rings. The Morgan fingerprint density at radius 1 is 1.00 bits per heavy atom. The Hall–Kier alpha value is -0.760. The summed E-state index contributed by atoms with van der Waals surface area (Å²) in [7, 11) is -4.26. The second kappa shape index (κ2) is 20.2. The number of aliphatic hydroxyl groups is 1. The molecule has 0 aliphatic rings. The minimum Gasteiger partial charge on any atom is -0.457 e. The Balaban J connectivity index is 3.69. The average Bonchev–Trinajstić information content (AvgIpc) is 2.73. The Morgan fingerprint density at radius 2 is 1.60 bits per heavy atom. The Labute approximate surface area is 181 Å². The lowest BCUT2D eigenvalue weighted by molar-refractivity contribution is -0.153. The number of unbranched alkanes of at least 4 members (excludes halogenated alkanes) is 9. The highest BCUT2D eigenvalue weighted by atomic mass is 31.2. The van der Waals surface area contributed by atoms with Gasteiger partial charge in [-0.1, -0.05) is 57.6 Å². The van der Waals surface area contributed by atoms with E-state index >= 15 is 0 Å². The largest absolute Gasteiger partial charge is 0.472 e. The zero-order valence-corrected chi connectivity index (χ0v) is 19.4. The molecule has 0 rings (SSSR count). The normalized spacial score (nSPS) is 14.7. The van der Waals surface area contributed by atoms with Gasteiger partial charge in [0.15, 0.2) is 0 Å². The van der Waals surface area contributed by atoms with Gasteiger partial charge in [-0.3, -0.25) is 13.8 Å². The first kappa shape index (κ1) is 29.2. The molecule has 0 saturated heterocycles. The van der Waals surface area contributed by atoms with Crippen molar-refractivity contribution in [3.63, 3.8) is 0 Å². The fourth-order valence-corrected chi connectivity index (χ4v) is 3.50. The molecule has 0 saturated carbocycles. The van der Waals surface area contributed by atoms with Crippen molar-refractivity contribution >= 4 is 13.8 Å². The van der Waals surface area contributed by atoms with Crippen LogP contribution in [-0.4, -0.2) is 48.4 Å².